The molecular formula is C20H15N3O5S. The van der Waals surface area contributed by atoms with Gasteiger partial charge in [-0.2, -0.15) is 0 Å². The highest BCUT2D eigenvalue weighted by Gasteiger charge is 2.34. The van der Waals surface area contributed by atoms with Crippen molar-refractivity contribution in [1.29, 1.82) is 0 Å². The first-order chi connectivity index (χ1) is 13.9. The topological polar surface area (TPSA) is 105 Å². The minimum absolute atomic E-state index is 0.00172. The molecule has 0 saturated carbocycles. The first-order valence-electron chi connectivity index (χ1n) is 8.65. The second kappa shape index (κ2) is 7.36. The second-order valence-electron chi connectivity index (χ2n) is 6.41. The molecule has 0 bridgehead atoms. The lowest BCUT2D eigenvalue weighted by atomic mass is 10.1. The molecule has 8 nitrogen and oxygen atoms in total. The molecule has 9 heteroatoms. The Kier molecular flexibility index (Phi) is 4.73. The van der Waals surface area contributed by atoms with Gasteiger partial charge in [0, 0.05) is 22.7 Å². The summed E-state index contributed by atoms with van der Waals surface area (Å²) in [5.41, 5.74) is 1.16. The number of carbonyl (C=O) groups is 3. The summed E-state index contributed by atoms with van der Waals surface area (Å²) in [6, 6.07) is 10.6. The number of carboxylic acids is 1. The van der Waals surface area contributed by atoms with Crippen molar-refractivity contribution in [3.05, 3.63) is 65.8 Å². The van der Waals surface area contributed by atoms with Gasteiger partial charge in [-0.05, 0) is 36.5 Å². The van der Waals surface area contributed by atoms with Crippen LogP contribution in [0.3, 0.4) is 0 Å². The number of hydrogen-bond donors (Lipinski definition) is 2. The number of hydrogen-bond acceptors (Lipinski definition) is 5. The number of benzene rings is 1. The number of amides is 2. The summed E-state index contributed by atoms with van der Waals surface area (Å²) in [5.74, 6) is -1.63. The van der Waals surface area contributed by atoms with Gasteiger partial charge in [0.05, 0.1) is 12.8 Å². The number of thiocarbonyl (C=S) groups is 1. The minimum atomic E-state index is -0.994. The summed E-state index contributed by atoms with van der Waals surface area (Å²) in [6.45, 7) is -0.151. The van der Waals surface area contributed by atoms with Crippen LogP contribution in [0, 0.1) is 0 Å². The van der Waals surface area contributed by atoms with Crippen molar-refractivity contribution in [2.24, 2.45) is 0 Å². The molecule has 1 aliphatic rings. The number of carbonyl (C=O) groups excluding carboxylic acids is 2. The van der Waals surface area contributed by atoms with Crippen LogP contribution in [-0.2, 0) is 27.5 Å². The van der Waals surface area contributed by atoms with Gasteiger partial charge in [-0.15, -0.1) is 0 Å². The van der Waals surface area contributed by atoms with Crippen LogP contribution in [0.1, 0.15) is 11.3 Å². The maximum atomic E-state index is 13.0. The number of aliphatic carboxylic acids is 1. The van der Waals surface area contributed by atoms with E-state index in [1.165, 1.54) is 17.2 Å². The van der Waals surface area contributed by atoms with E-state index in [0.29, 0.717) is 16.8 Å². The summed E-state index contributed by atoms with van der Waals surface area (Å²) >= 11 is 5.14. The quantitative estimate of drug-likeness (QED) is 0.380. The lowest BCUT2D eigenvalue weighted by Gasteiger charge is -2.28. The zero-order chi connectivity index (χ0) is 20.5. The van der Waals surface area contributed by atoms with E-state index in [0.717, 1.165) is 5.39 Å². The van der Waals surface area contributed by atoms with Crippen molar-refractivity contribution >= 4 is 52.1 Å². The summed E-state index contributed by atoms with van der Waals surface area (Å²) < 4.78 is 6.82. The van der Waals surface area contributed by atoms with Gasteiger partial charge in [-0.3, -0.25) is 24.6 Å². The van der Waals surface area contributed by atoms with E-state index >= 15 is 0 Å². The molecule has 2 N–H and O–H groups in total. The van der Waals surface area contributed by atoms with Crippen LogP contribution in [-0.4, -0.2) is 37.5 Å². The first-order valence-corrected chi connectivity index (χ1v) is 9.06. The van der Waals surface area contributed by atoms with E-state index in [2.05, 4.69) is 5.32 Å². The normalized spacial score (nSPS) is 15.9. The van der Waals surface area contributed by atoms with Crippen molar-refractivity contribution in [2.75, 3.05) is 0 Å². The Bertz CT molecular complexity index is 1180. The predicted octanol–water partition coefficient (Wildman–Crippen LogP) is 2.15. The molecule has 0 spiro atoms. The van der Waals surface area contributed by atoms with E-state index in [1.54, 1.807) is 47.2 Å². The third-order valence-corrected chi connectivity index (χ3v) is 4.83. The van der Waals surface area contributed by atoms with Crippen molar-refractivity contribution < 1.29 is 23.9 Å². The average Bonchev–Trinajstić information content (AvgIpc) is 3.30. The van der Waals surface area contributed by atoms with Crippen molar-refractivity contribution in [1.82, 2.24) is 14.8 Å². The monoisotopic (exact) mass is 409 g/mol. The van der Waals surface area contributed by atoms with Crippen LogP contribution >= 0.6 is 12.2 Å². The Balaban J connectivity index is 1.74. The fourth-order valence-corrected chi connectivity index (χ4v) is 3.46. The first kappa shape index (κ1) is 18.6. The fraction of sp³-hybridized carbons (Fsp3) is 0.100. The third kappa shape index (κ3) is 3.55. The van der Waals surface area contributed by atoms with Gasteiger partial charge < -0.3 is 14.1 Å². The number of aromatic nitrogens is 1. The molecule has 146 valence electrons. The van der Waals surface area contributed by atoms with Gasteiger partial charge in [0.2, 0.25) is 0 Å². The summed E-state index contributed by atoms with van der Waals surface area (Å²) in [4.78, 5) is 37.8. The van der Waals surface area contributed by atoms with Gasteiger partial charge in [0.1, 0.15) is 17.9 Å². The van der Waals surface area contributed by atoms with Crippen LogP contribution in [0.25, 0.3) is 17.0 Å². The molecule has 0 radical (unpaired) electrons. The molecule has 0 unspecified atom stereocenters. The highest BCUT2D eigenvalue weighted by molar-refractivity contribution is 7.80. The number of carboxylic acid groups (broad SMARTS) is 1. The zero-order valence-corrected chi connectivity index (χ0v) is 15.8. The highest BCUT2D eigenvalue weighted by atomic mass is 32.1. The Labute approximate surface area is 170 Å². The van der Waals surface area contributed by atoms with Gasteiger partial charge in [0.25, 0.3) is 11.8 Å². The zero-order valence-electron chi connectivity index (χ0n) is 15.0. The van der Waals surface area contributed by atoms with E-state index in [4.69, 9.17) is 21.7 Å². The molecule has 0 atom stereocenters. The molecule has 3 aromatic rings. The molecule has 1 saturated heterocycles. The number of rotatable bonds is 5. The van der Waals surface area contributed by atoms with Crippen LogP contribution in [0.15, 0.2) is 58.8 Å². The number of nitrogens with one attached hydrogen (secondary N) is 1. The molecule has 2 amide bonds. The van der Waals surface area contributed by atoms with Gasteiger partial charge >= 0.3 is 5.97 Å². The summed E-state index contributed by atoms with van der Waals surface area (Å²) in [6.07, 6.45) is 4.55. The lowest BCUT2D eigenvalue weighted by Crippen LogP contribution is -2.53. The van der Waals surface area contributed by atoms with Crippen molar-refractivity contribution in [2.45, 2.75) is 13.1 Å². The Hall–Kier alpha value is -3.72. The van der Waals surface area contributed by atoms with Gasteiger partial charge in [-0.25, -0.2) is 0 Å². The van der Waals surface area contributed by atoms with E-state index in [9.17, 15) is 14.4 Å². The number of fused-ring (bicyclic) bond motifs is 1. The Morgan fingerprint density at radius 1 is 1.21 bits per heavy atom. The molecule has 3 heterocycles. The largest absolute Gasteiger partial charge is 0.480 e. The Morgan fingerprint density at radius 3 is 2.72 bits per heavy atom. The maximum Gasteiger partial charge on any atom is 0.323 e. The van der Waals surface area contributed by atoms with Crippen molar-refractivity contribution in [3.63, 3.8) is 0 Å². The van der Waals surface area contributed by atoms with E-state index < -0.39 is 17.8 Å². The van der Waals surface area contributed by atoms with Gasteiger partial charge in [-0.1, -0.05) is 18.2 Å². The molecule has 4 rings (SSSR count). The average molecular weight is 409 g/mol. The molecule has 1 aliphatic heterocycles. The molecule has 1 aromatic carbocycles. The number of nitrogens with zero attached hydrogens (tertiary/aromatic N) is 2. The fourth-order valence-electron chi connectivity index (χ4n) is 3.22. The molecule has 1 fully saturated rings. The minimum Gasteiger partial charge on any atom is -0.480 e. The van der Waals surface area contributed by atoms with Crippen molar-refractivity contribution in [3.8, 4) is 0 Å². The van der Waals surface area contributed by atoms with Crippen LogP contribution < -0.4 is 5.32 Å². The smallest absolute Gasteiger partial charge is 0.323 e. The number of furan rings is 1. The van der Waals surface area contributed by atoms with Crippen LogP contribution in [0.5, 0.6) is 0 Å². The maximum absolute atomic E-state index is 13.0. The predicted molar refractivity (Wildman–Crippen MR) is 108 cm³/mol. The van der Waals surface area contributed by atoms with Crippen LogP contribution in [0.2, 0.25) is 0 Å². The SMILES string of the molecule is O=C(O)Cn1cc(/C=C2/C(=O)NC(=S)N(Cc3ccco3)C2=O)c2ccccc21. The number of para-hydroxylation sites is 1. The second-order valence-corrected chi connectivity index (χ2v) is 6.80. The molecule has 29 heavy (non-hydrogen) atoms. The summed E-state index contributed by atoms with van der Waals surface area (Å²) in [7, 11) is 0. The standard InChI is InChI=1S/C20H15N3O5S/c24-17(25)11-22-9-12(14-5-1-2-6-16(14)22)8-15-18(26)21-20(29)23(19(15)27)10-13-4-3-7-28-13/h1-9H,10-11H2,(H,24,25)(H,21,26,29)/b15-8-. The Morgan fingerprint density at radius 2 is 2.00 bits per heavy atom. The molecule has 0 aliphatic carbocycles. The van der Waals surface area contributed by atoms with E-state index in [1.807, 2.05) is 0 Å². The lowest BCUT2D eigenvalue weighted by molar-refractivity contribution is -0.137. The highest BCUT2D eigenvalue weighted by Crippen LogP contribution is 2.25. The van der Waals surface area contributed by atoms with E-state index in [-0.39, 0.29) is 23.8 Å². The molecular weight excluding hydrogens is 394 g/mol. The van der Waals surface area contributed by atoms with Crippen LogP contribution in [0.4, 0.5) is 0 Å². The third-order valence-electron chi connectivity index (χ3n) is 4.50. The van der Waals surface area contributed by atoms with Gasteiger partial charge in [0.15, 0.2) is 5.11 Å². The summed E-state index contributed by atoms with van der Waals surface area (Å²) in [5, 5.41) is 12.4. The molecule has 2 aromatic heterocycles.